The standard InChI is InChI=1S/C17H23N3O3/c1-11-8-12(2)20(19-11)10-13-6-7-14(23-13)16(22)18-9-15(21)17(3,4)5/h6-8H,9-10H2,1-5H3,(H,18,22). The molecule has 2 aromatic rings. The summed E-state index contributed by atoms with van der Waals surface area (Å²) in [5.74, 6) is 0.425. The second-order valence-corrected chi connectivity index (χ2v) is 6.71. The lowest BCUT2D eigenvalue weighted by Gasteiger charge is -2.16. The van der Waals surface area contributed by atoms with Gasteiger partial charge in [-0.1, -0.05) is 20.8 Å². The summed E-state index contributed by atoms with van der Waals surface area (Å²) in [6, 6.07) is 5.34. The first-order valence-electron chi connectivity index (χ1n) is 7.58. The highest BCUT2D eigenvalue weighted by molar-refractivity contribution is 5.95. The van der Waals surface area contributed by atoms with Crippen molar-refractivity contribution >= 4 is 11.7 Å². The Morgan fingerprint density at radius 3 is 2.52 bits per heavy atom. The maximum absolute atomic E-state index is 12.0. The van der Waals surface area contributed by atoms with E-state index in [4.69, 9.17) is 4.42 Å². The molecule has 0 fully saturated rings. The first-order valence-corrected chi connectivity index (χ1v) is 7.58. The molecule has 1 amide bonds. The van der Waals surface area contributed by atoms with Crippen molar-refractivity contribution in [3.8, 4) is 0 Å². The first kappa shape index (κ1) is 17.0. The van der Waals surface area contributed by atoms with E-state index in [1.54, 1.807) is 12.1 Å². The van der Waals surface area contributed by atoms with Gasteiger partial charge in [0.15, 0.2) is 11.5 Å². The summed E-state index contributed by atoms with van der Waals surface area (Å²) in [6.45, 7) is 9.82. The molecule has 6 nitrogen and oxygen atoms in total. The fraction of sp³-hybridized carbons (Fsp3) is 0.471. The van der Waals surface area contributed by atoms with E-state index in [2.05, 4.69) is 10.4 Å². The normalized spacial score (nSPS) is 11.5. The molecule has 2 rings (SSSR count). The highest BCUT2D eigenvalue weighted by Gasteiger charge is 2.22. The maximum Gasteiger partial charge on any atom is 0.287 e. The van der Waals surface area contributed by atoms with E-state index in [1.165, 1.54) is 0 Å². The number of aryl methyl sites for hydroxylation is 2. The number of hydrogen-bond donors (Lipinski definition) is 1. The van der Waals surface area contributed by atoms with Gasteiger partial charge in [0.05, 0.1) is 18.8 Å². The Morgan fingerprint density at radius 1 is 1.26 bits per heavy atom. The minimum atomic E-state index is -0.475. The van der Waals surface area contributed by atoms with Crippen molar-refractivity contribution < 1.29 is 14.0 Å². The van der Waals surface area contributed by atoms with Crippen LogP contribution in [0.1, 0.15) is 48.5 Å². The molecule has 0 aliphatic rings. The quantitative estimate of drug-likeness (QED) is 0.919. The molecule has 6 heteroatoms. The van der Waals surface area contributed by atoms with Gasteiger partial charge in [0, 0.05) is 11.1 Å². The molecule has 0 saturated carbocycles. The summed E-state index contributed by atoms with van der Waals surface area (Å²) < 4.78 is 7.37. The van der Waals surface area contributed by atoms with Crippen LogP contribution >= 0.6 is 0 Å². The van der Waals surface area contributed by atoms with Crippen LogP contribution in [0.2, 0.25) is 0 Å². The fourth-order valence-corrected chi connectivity index (χ4v) is 2.08. The van der Waals surface area contributed by atoms with Gasteiger partial charge in [-0.15, -0.1) is 0 Å². The second kappa shape index (κ2) is 6.40. The van der Waals surface area contributed by atoms with Crippen molar-refractivity contribution in [3.05, 3.63) is 41.1 Å². The van der Waals surface area contributed by atoms with Gasteiger partial charge in [0.1, 0.15) is 5.76 Å². The predicted octanol–water partition coefficient (Wildman–Crippen LogP) is 2.49. The third-order valence-electron chi connectivity index (χ3n) is 3.54. The molecule has 124 valence electrons. The molecule has 0 bridgehead atoms. The summed E-state index contributed by atoms with van der Waals surface area (Å²) in [6.07, 6.45) is 0. The second-order valence-electron chi connectivity index (χ2n) is 6.71. The lowest BCUT2D eigenvalue weighted by molar-refractivity contribution is -0.125. The number of amides is 1. The fourth-order valence-electron chi connectivity index (χ4n) is 2.08. The van der Waals surface area contributed by atoms with E-state index in [0.29, 0.717) is 12.3 Å². The van der Waals surface area contributed by atoms with E-state index in [9.17, 15) is 9.59 Å². The van der Waals surface area contributed by atoms with Gasteiger partial charge < -0.3 is 9.73 Å². The van der Waals surface area contributed by atoms with Gasteiger partial charge in [0.25, 0.3) is 5.91 Å². The Morgan fingerprint density at radius 2 is 1.96 bits per heavy atom. The Bertz CT molecular complexity index is 720. The van der Waals surface area contributed by atoms with Crippen molar-refractivity contribution in [1.82, 2.24) is 15.1 Å². The number of aromatic nitrogens is 2. The van der Waals surface area contributed by atoms with E-state index in [1.807, 2.05) is 45.4 Å². The Labute approximate surface area is 135 Å². The zero-order valence-electron chi connectivity index (χ0n) is 14.3. The lowest BCUT2D eigenvalue weighted by atomic mass is 9.91. The molecule has 0 unspecified atom stereocenters. The van der Waals surface area contributed by atoms with Crippen LogP contribution in [-0.2, 0) is 11.3 Å². The molecule has 0 aliphatic heterocycles. The van der Waals surface area contributed by atoms with E-state index in [0.717, 1.165) is 11.4 Å². The van der Waals surface area contributed by atoms with Crippen LogP contribution in [0, 0.1) is 19.3 Å². The Kier molecular flexibility index (Phi) is 4.73. The van der Waals surface area contributed by atoms with Crippen LogP contribution in [0.4, 0.5) is 0 Å². The average Bonchev–Trinajstić information content (AvgIpc) is 3.02. The van der Waals surface area contributed by atoms with Crippen LogP contribution in [0.3, 0.4) is 0 Å². The summed E-state index contributed by atoms with van der Waals surface area (Å²) >= 11 is 0. The third-order valence-corrected chi connectivity index (χ3v) is 3.54. The number of rotatable bonds is 5. The molecule has 2 aromatic heterocycles. The summed E-state index contributed by atoms with van der Waals surface area (Å²) in [5.41, 5.74) is 1.49. The molecular weight excluding hydrogens is 294 g/mol. The number of carbonyl (C=O) groups is 2. The largest absolute Gasteiger partial charge is 0.454 e. The maximum atomic E-state index is 12.0. The molecular formula is C17H23N3O3. The van der Waals surface area contributed by atoms with E-state index in [-0.39, 0.29) is 24.0 Å². The van der Waals surface area contributed by atoms with Gasteiger partial charge in [0.2, 0.25) is 0 Å². The monoisotopic (exact) mass is 317 g/mol. The minimum Gasteiger partial charge on any atom is -0.454 e. The van der Waals surface area contributed by atoms with E-state index < -0.39 is 5.41 Å². The van der Waals surface area contributed by atoms with E-state index >= 15 is 0 Å². The number of nitrogens with one attached hydrogen (secondary N) is 1. The summed E-state index contributed by atoms with van der Waals surface area (Å²) in [5, 5.41) is 6.95. The molecule has 0 aromatic carbocycles. The Balaban J connectivity index is 1.97. The number of nitrogens with zero attached hydrogens (tertiary/aromatic N) is 2. The average molecular weight is 317 g/mol. The molecule has 0 atom stereocenters. The minimum absolute atomic E-state index is 0.00414. The molecule has 2 heterocycles. The number of furan rings is 1. The van der Waals surface area contributed by atoms with Crippen LogP contribution in [-0.4, -0.2) is 28.0 Å². The van der Waals surface area contributed by atoms with Crippen LogP contribution in [0.25, 0.3) is 0 Å². The number of carbonyl (C=O) groups excluding carboxylic acids is 2. The Hall–Kier alpha value is -2.37. The van der Waals surface area contributed by atoms with Crippen LogP contribution in [0.15, 0.2) is 22.6 Å². The van der Waals surface area contributed by atoms with Crippen LogP contribution < -0.4 is 5.32 Å². The third kappa shape index (κ3) is 4.31. The molecule has 0 aliphatic carbocycles. The van der Waals surface area contributed by atoms with Gasteiger partial charge in [-0.2, -0.15) is 5.10 Å². The van der Waals surface area contributed by atoms with Gasteiger partial charge in [-0.25, -0.2) is 0 Å². The molecule has 23 heavy (non-hydrogen) atoms. The first-order chi connectivity index (χ1) is 10.7. The van der Waals surface area contributed by atoms with Crippen molar-refractivity contribution in [1.29, 1.82) is 0 Å². The lowest BCUT2D eigenvalue weighted by Crippen LogP contribution is -2.35. The highest BCUT2D eigenvalue weighted by Crippen LogP contribution is 2.14. The van der Waals surface area contributed by atoms with Gasteiger partial charge in [-0.3, -0.25) is 14.3 Å². The molecule has 1 N–H and O–H groups in total. The molecule has 0 spiro atoms. The van der Waals surface area contributed by atoms with Gasteiger partial charge in [-0.05, 0) is 32.0 Å². The molecule has 0 saturated heterocycles. The SMILES string of the molecule is Cc1cc(C)n(Cc2ccc(C(=O)NCC(=O)C(C)(C)C)o2)n1. The van der Waals surface area contributed by atoms with Crippen molar-refractivity contribution in [2.75, 3.05) is 6.54 Å². The smallest absolute Gasteiger partial charge is 0.287 e. The topological polar surface area (TPSA) is 77.1 Å². The number of Topliss-reactive ketones (excluding diaryl/α,β-unsaturated/α-hetero) is 1. The van der Waals surface area contributed by atoms with Gasteiger partial charge >= 0.3 is 0 Å². The van der Waals surface area contributed by atoms with Crippen molar-refractivity contribution in [3.63, 3.8) is 0 Å². The van der Waals surface area contributed by atoms with Crippen molar-refractivity contribution in [2.45, 2.75) is 41.2 Å². The summed E-state index contributed by atoms with van der Waals surface area (Å²) in [7, 11) is 0. The highest BCUT2D eigenvalue weighted by atomic mass is 16.4. The predicted molar refractivity (Wildman–Crippen MR) is 86.3 cm³/mol. The van der Waals surface area contributed by atoms with Crippen LogP contribution in [0.5, 0.6) is 0 Å². The zero-order chi connectivity index (χ0) is 17.2. The summed E-state index contributed by atoms with van der Waals surface area (Å²) in [4.78, 5) is 23.9. The number of hydrogen-bond acceptors (Lipinski definition) is 4. The van der Waals surface area contributed by atoms with Crippen molar-refractivity contribution in [2.24, 2.45) is 5.41 Å². The number of ketones is 1. The molecule has 0 radical (unpaired) electrons. The zero-order valence-corrected chi connectivity index (χ0v) is 14.3.